The van der Waals surface area contributed by atoms with Gasteiger partial charge >= 0.3 is 0 Å². The molecule has 0 spiro atoms. The fourth-order valence-corrected chi connectivity index (χ4v) is 11.6. The fraction of sp³-hybridized carbons (Fsp3) is 0.0476. The first-order valence-electron chi connectivity index (χ1n) is 22.0. The van der Waals surface area contributed by atoms with Crippen molar-refractivity contribution in [1.82, 2.24) is 12.3 Å². The van der Waals surface area contributed by atoms with Crippen LogP contribution in [0.15, 0.2) is 279 Å². The summed E-state index contributed by atoms with van der Waals surface area (Å²) < 4.78 is 0. The number of benzene rings is 10. The van der Waals surface area contributed by atoms with Crippen molar-refractivity contribution in [3.63, 3.8) is 0 Å². The van der Waals surface area contributed by atoms with Crippen LogP contribution in [0.2, 0.25) is 0 Å². The number of hydrogen-bond acceptors (Lipinski definition) is 2. The highest BCUT2D eigenvalue weighted by Gasteiger charge is 2.74. The van der Waals surface area contributed by atoms with Crippen LogP contribution in [0.3, 0.4) is 0 Å². The number of fused-ring (bicyclic) bond motifs is 1. The van der Waals surface area contributed by atoms with Crippen molar-refractivity contribution in [2.75, 3.05) is 0 Å². The molecule has 0 bridgehead atoms. The van der Waals surface area contributed by atoms with Crippen LogP contribution < -0.4 is 12.3 Å². The van der Waals surface area contributed by atoms with Gasteiger partial charge in [-0.2, -0.15) is 0 Å². The molecule has 65 heavy (non-hydrogen) atoms. The van der Waals surface area contributed by atoms with Gasteiger partial charge in [-0.05, 0) is 84.0 Å². The summed E-state index contributed by atoms with van der Waals surface area (Å²) in [5.74, 6) is 0. The Morgan fingerprint density at radius 1 is 0.231 bits per heavy atom. The number of rotatable bonds is 9. The van der Waals surface area contributed by atoms with Crippen molar-refractivity contribution in [1.29, 1.82) is 0 Å². The van der Waals surface area contributed by atoms with Crippen LogP contribution in [0, 0.1) is 0 Å². The summed E-state index contributed by atoms with van der Waals surface area (Å²) in [6.45, 7) is 0. The zero-order valence-corrected chi connectivity index (χ0v) is 36.5. The van der Waals surface area contributed by atoms with Gasteiger partial charge in [0.25, 0.3) is 0 Å². The van der Waals surface area contributed by atoms with E-state index in [1.165, 1.54) is 77.9 Å². The minimum atomic E-state index is -0.872. The molecule has 0 saturated heterocycles. The van der Waals surface area contributed by atoms with Crippen LogP contribution in [-0.2, 0) is 16.2 Å². The molecule has 2 nitrogen and oxygen atoms in total. The summed E-state index contributed by atoms with van der Waals surface area (Å²) in [6, 6.07) is 105. The molecule has 1 aliphatic rings. The van der Waals surface area contributed by atoms with Crippen molar-refractivity contribution < 1.29 is 0 Å². The minimum Gasteiger partial charge on any atom is -0.344 e. The molecule has 0 radical (unpaired) electrons. The minimum absolute atomic E-state index is 0. The van der Waals surface area contributed by atoms with Crippen LogP contribution in [0.4, 0.5) is 0 Å². The lowest BCUT2D eigenvalue weighted by atomic mass is 9.43. The predicted molar refractivity (Wildman–Crippen MR) is 272 cm³/mol. The van der Waals surface area contributed by atoms with Gasteiger partial charge in [0.1, 0.15) is 0 Å². The van der Waals surface area contributed by atoms with E-state index in [0.29, 0.717) is 0 Å². The van der Waals surface area contributed by atoms with Gasteiger partial charge in [0.15, 0.2) is 0 Å². The highest BCUT2D eigenvalue weighted by Crippen LogP contribution is 2.75. The molecule has 6 N–H and O–H groups in total. The van der Waals surface area contributed by atoms with Crippen molar-refractivity contribution in [2.24, 2.45) is 0 Å². The van der Waals surface area contributed by atoms with Gasteiger partial charge in [-0.25, -0.2) is 0 Å². The molecule has 0 amide bonds. The summed E-state index contributed by atoms with van der Waals surface area (Å²) in [5.41, 5.74) is 14.5. The molecule has 0 saturated carbocycles. The maximum atomic E-state index is 2.60. The highest BCUT2D eigenvalue weighted by atomic mass is 14.7. The second-order valence-corrected chi connectivity index (χ2v) is 16.6. The van der Waals surface area contributed by atoms with Crippen molar-refractivity contribution >= 4 is 0 Å². The molecule has 0 fully saturated rings. The van der Waals surface area contributed by atoms with Crippen molar-refractivity contribution in [2.45, 2.75) is 16.2 Å². The molecule has 10 aromatic carbocycles. The maximum absolute atomic E-state index is 2.60. The smallest absolute Gasteiger partial charge is 0.0613 e. The van der Waals surface area contributed by atoms with Crippen LogP contribution in [0.5, 0.6) is 0 Å². The van der Waals surface area contributed by atoms with Gasteiger partial charge < -0.3 is 12.3 Å². The Morgan fingerprint density at radius 3 is 0.831 bits per heavy atom. The van der Waals surface area contributed by atoms with E-state index in [-0.39, 0.29) is 12.3 Å². The topological polar surface area (TPSA) is 70.0 Å². The Kier molecular flexibility index (Phi) is 11.6. The molecule has 2 heteroatoms. The SMILES string of the molecule is N.N.c1ccc(-c2cc3c(c(-c4ccccc4)c2-c2ccccc2)C(c2ccccc2)(c2ccccc2)C(c2ccccc2)(c2ccccc2)C3(c2ccccc2)c2ccccc2)cc1. The molecule has 0 atom stereocenters. The Balaban J connectivity index is 0.00000266. The average Bonchev–Trinajstić information content (AvgIpc) is 3.63. The van der Waals surface area contributed by atoms with Crippen LogP contribution in [0.1, 0.15) is 44.5 Å². The summed E-state index contributed by atoms with van der Waals surface area (Å²) >= 11 is 0. The van der Waals surface area contributed by atoms with Crippen LogP contribution in [-0.4, -0.2) is 0 Å². The molecule has 0 aliphatic heterocycles. The van der Waals surface area contributed by atoms with Gasteiger partial charge in [-0.1, -0.05) is 273 Å². The van der Waals surface area contributed by atoms with Gasteiger partial charge in [0.2, 0.25) is 0 Å². The summed E-state index contributed by atoms with van der Waals surface area (Å²) in [5, 5.41) is 0. The van der Waals surface area contributed by atoms with Crippen LogP contribution in [0.25, 0.3) is 33.4 Å². The molecule has 1 aliphatic carbocycles. The Bertz CT molecular complexity index is 2990. The monoisotopic (exact) mass is 836 g/mol. The first-order valence-corrected chi connectivity index (χ1v) is 22.0. The lowest BCUT2D eigenvalue weighted by Crippen LogP contribution is -2.59. The van der Waals surface area contributed by atoms with E-state index in [9.17, 15) is 0 Å². The average molecular weight is 837 g/mol. The fourth-order valence-electron chi connectivity index (χ4n) is 11.6. The normalized spacial score (nSPS) is 14.0. The van der Waals surface area contributed by atoms with E-state index in [1.54, 1.807) is 0 Å². The molecule has 0 heterocycles. The predicted octanol–water partition coefficient (Wildman–Crippen LogP) is 15.7. The lowest BCUT2D eigenvalue weighted by Gasteiger charge is -2.57. The molecule has 0 unspecified atom stereocenters. The third-order valence-electron chi connectivity index (χ3n) is 13.7. The first kappa shape index (κ1) is 42.4. The zero-order chi connectivity index (χ0) is 42.1. The molecule has 11 rings (SSSR count). The summed E-state index contributed by atoms with van der Waals surface area (Å²) in [7, 11) is 0. The zero-order valence-electron chi connectivity index (χ0n) is 36.5. The van der Waals surface area contributed by atoms with Gasteiger partial charge in [-0.3, -0.25) is 0 Å². The van der Waals surface area contributed by atoms with Gasteiger partial charge in [0.05, 0.1) is 16.2 Å². The molecular formula is C63H52N2. The lowest BCUT2D eigenvalue weighted by molar-refractivity contribution is 0.296. The quantitative estimate of drug-likeness (QED) is 0.152. The second-order valence-electron chi connectivity index (χ2n) is 16.6. The first-order chi connectivity index (χ1) is 31.3. The Hall–Kier alpha value is -7.88. The standard InChI is InChI=1S/C63H46.2H3N/c1-10-28-47(29-11-1)56-46-57-60(59(49-32-14-3-15-33-49)58(56)48-30-12-2-13-31-48)62(52-38-20-6-21-39-52,53-40-22-7-23-41-53)63(54-42-24-8-25-43-54,55-44-26-9-27-45-55)61(57,50-34-16-4-17-35-50)51-36-18-5-19-37-51;;/h1-46H;2*1H3. The third kappa shape index (κ3) is 6.25. The van der Waals surface area contributed by atoms with E-state index in [1.807, 2.05) is 0 Å². The summed E-state index contributed by atoms with van der Waals surface area (Å²) in [6.07, 6.45) is 0. The molecule has 314 valence electrons. The van der Waals surface area contributed by atoms with E-state index in [2.05, 4.69) is 279 Å². The van der Waals surface area contributed by atoms with E-state index < -0.39 is 16.2 Å². The van der Waals surface area contributed by atoms with E-state index in [4.69, 9.17) is 0 Å². The summed E-state index contributed by atoms with van der Waals surface area (Å²) in [4.78, 5) is 0. The van der Waals surface area contributed by atoms with Gasteiger partial charge in [0, 0.05) is 0 Å². The maximum Gasteiger partial charge on any atom is 0.0613 e. The van der Waals surface area contributed by atoms with Crippen molar-refractivity contribution in [3.05, 3.63) is 324 Å². The Labute approximate surface area is 383 Å². The molecule has 10 aromatic rings. The van der Waals surface area contributed by atoms with E-state index in [0.717, 1.165) is 0 Å². The van der Waals surface area contributed by atoms with E-state index >= 15 is 0 Å². The second kappa shape index (κ2) is 17.7. The largest absolute Gasteiger partial charge is 0.344 e. The number of hydrogen-bond donors (Lipinski definition) is 2. The molecule has 0 aromatic heterocycles. The van der Waals surface area contributed by atoms with Crippen molar-refractivity contribution in [3.8, 4) is 33.4 Å². The third-order valence-corrected chi connectivity index (χ3v) is 13.7. The highest BCUT2D eigenvalue weighted by molar-refractivity contribution is 6.01. The molecular weight excluding hydrogens is 785 g/mol. The van der Waals surface area contributed by atoms with Gasteiger partial charge in [-0.15, -0.1) is 0 Å². The Morgan fingerprint density at radius 2 is 0.492 bits per heavy atom. The van der Waals surface area contributed by atoms with Crippen LogP contribution >= 0.6 is 0 Å².